The maximum atomic E-state index is 5.06. The Morgan fingerprint density at radius 1 is 0.727 bits per heavy atom. The van der Waals surface area contributed by atoms with Gasteiger partial charge in [0.2, 0.25) is 0 Å². The molecule has 3 aromatic carbocycles. The Morgan fingerprint density at radius 2 is 1.39 bits per heavy atom. The molecule has 0 unspecified atom stereocenters. The van der Waals surface area contributed by atoms with Crippen molar-refractivity contribution in [3.8, 4) is 28.2 Å². The standard InChI is InChI=1S/C30H21BrN2/c31-23-16-17-26-25-14-8-3-9-15-29(25)33(30(26)18-23)24-19-27(21-10-4-1-5-11-21)32-28(20-24)22-12-6-2-7-13-22/h1-14,16-20H,15H2. The predicted molar refractivity (Wildman–Crippen MR) is 142 cm³/mol. The van der Waals surface area contributed by atoms with Crippen LogP contribution in [0.5, 0.6) is 0 Å². The Labute approximate surface area is 201 Å². The average molecular weight is 489 g/mol. The van der Waals surface area contributed by atoms with E-state index in [1.807, 2.05) is 12.1 Å². The van der Waals surface area contributed by atoms with E-state index < -0.39 is 0 Å². The molecule has 0 saturated carbocycles. The fraction of sp³-hybridized carbons (Fsp3) is 0.0333. The quantitative estimate of drug-likeness (QED) is 0.250. The number of allylic oxidation sites excluding steroid dienone is 3. The molecule has 1 aliphatic carbocycles. The lowest BCUT2D eigenvalue weighted by atomic mass is 10.1. The first kappa shape index (κ1) is 20.0. The van der Waals surface area contributed by atoms with Crippen LogP contribution in [0.1, 0.15) is 11.3 Å². The third kappa shape index (κ3) is 3.65. The topological polar surface area (TPSA) is 17.8 Å². The van der Waals surface area contributed by atoms with Gasteiger partial charge < -0.3 is 4.57 Å². The van der Waals surface area contributed by atoms with Crippen molar-refractivity contribution >= 4 is 32.9 Å². The van der Waals surface area contributed by atoms with Gasteiger partial charge >= 0.3 is 0 Å². The highest BCUT2D eigenvalue weighted by Crippen LogP contribution is 2.36. The second-order valence-electron chi connectivity index (χ2n) is 8.18. The summed E-state index contributed by atoms with van der Waals surface area (Å²) < 4.78 is 3.47. The SMILES string of the molecule is Brc1ccc2c3c(n(-c4cc(-c5ccccc5)nc(-c5ccccc5)c4)c2c1)CC=CC=C3. The van der Waals surface area contributed by atoms with Crippen molar-refractivity contribution in [1.29, 1.82) is 0 Å². The monoisotopic (exact) mass is 488 g/mol. The van der Waals surface area contributed by atoms with Gasteiger partial charge in [0.1, 0.15) is 0 Å². The summed E-state index contributed by atoms with van der Waals surface area (Å²) in [5.74, 6) is 0. The summed E-state index contributed by atoms with van der Waals surface area (Å²) in [4.78, 5) is 5.06. The Hall–Kier alpha value is -3.69. The summed E-state index contributed by atoms with van der Waals surface area (Å²) >= 11 is 3.69. The number of rotatable bonds is 3. The van der Waals surface area contributed by atoms with Crippen molar-refractivity contribution in [3.63, 3.8) is 0 Å². The molecule has 158 valence electrons. The molecule has 2 nitrogen and oxygen atoms in total. The average Bonchev–Trinajstić information content (AvgIpc) is 2.99. The molecule has 0 saturated heterocycles. The number of aromatic nitrogens is 2. The van der Waals surface area contributed by atoms with E-state index in [4.69, 9.17) is 4.98 Å². The van der Waals surface area contributed by atoms with Crippen LogP contribution in [0.3, 0.4) is 0 Å². The molecule has 0 bridgehead atoms. The van der Waals surface area contributed by atoms with E-state index in [0.29, 0.717) is 0 Å². The van der Waals surface area contributed by atoms with E-state index in [1.165, 1.54) is 22.2 Å². The minimum atomic E-state index is 0.873. The zero-order valence-corrected chi connectivity index (χ0v) is 19.5. The predicted octanol–water partition coefficient (Wildman–Crippen LogP) is 8.25. The number of pyridine rings is 1. The van der Waals surface area contributed by atoms with E-state index in [-0.39, 0.29) is 0 Å². The Kier molecular flexibility index (Phi) is 5.04. The van der Waals surface area contributed by atoms with Crippen LogP contribution in [0, 0.1) is 0 Å². The highest BCUT2D eigenvalue weighted by atomic mass is 79.9. The van der Waals surface area contributed by atoms with Crippen molar-refractivity contribution in [2.45, 2.75) is 6.42 Å². The van der Waals surface area contributed by atoms with Crippen LogP contribution >= 0.6 is 15.9 Å². The highest BCUT2D eigenvalue weighted by Gasteiger charge is 2.19. The largest absolute Gasteiger partial charge is 0.312 e. The van der Waals surface area contributed by atoms with Crippen LogP contribution in [-0.2, 0) is 6.42 Å². The molecule has 0 fully saturated rings. The molecular formula is C30H21BrN2. The first-order chi connectivity index (χ1) is 16.3. The van der Waals surface area contributed by atoms with Gasteiger partial charge in [-0.1, -0.05) is 107 Å². The van der Waals surface area contributed by atoms with E-state index in [1.54, 1.807) is 0 Å². The molecule has 6 rings (SSSR count). The molecule has 0 aliphatic heterocycles. The molecule has 1 aliphatic rings. The van der Waals surface area contributed by atoms with Crippen LogP contribution in [0.4, 0.5) is 0 Å². The second kappa shape index (κ2) is 8.34. The summed E-state index contributed by atoms with van der Waals surface area (Å²) in [5.41, 5.74) is 9.04. The zero-order valence-electron chi connectivity index (χ0n) is 17.9. The maximum Gasteiger partial charge on any atom is 0.0730 e. The Balaban J connectivity index is 1.68. The number of halogens is 1. The summed E-state index contributed by atoms with van der Waals surface area (Å²) in [6.45, 7) is 0. The normalized spacial score (nSPS) is 12.6. The van der Waals surface area contributed by atoms with E-state index in [9.17, 15) is 0 Å². The van der Waals surface area contributed by atoms with E-state index >= 15 is 0 Å². The van der Waals surface area contributed by atoms with E-state index in [0.717, 1.165) is 39.1 Å². The number of hydrogen-bond acceptors (Lipinski definition) is 1. The molecule has 2 heterocycles. The second-order valence-corrected chi connectivity index (χ2v) is 9.09. The smallest absolute Gasteiger partial charge is 0.0730 e. The molecule has 2 aromatic heterocycles. The van der Waals surface area contributed by atoms with Gasteiger partial charge in [-0.25, -0.2) is 4.98 Å². The van der Waals surface area contributed by atoms with Gasteiger partial charge in [-0.3, -0.25) is 0 Å². The van der Waals surface area contributed by atoms with Crippen molar-refractivity contribution in [2.75, 3.05) is 0 Å². The fourth-order valence-electron chi connectivity index (χ4n) is 4.59. The van der Waals surface area contributed by atoms with Crippen LogP contribution in [-0.4, -0.2) is 9.55 Å². The maximum absolute atomic E-state index is 5.06. The number of nitrogens with zero attached hydrogens (tertiary/aromatic N) is 2. The van der Waals surface area contributed by atoms with Crippen molar-refractivity contribution < 1.29 is 0 Å². The molecule has 0 spiro atoms. The summed E-state index contributed by atoms with van der Waals surface area (Å²) in [6.07, 6.45) is 9.59. The zero-order chi connectivity index (χ0) is 22.2. The van der Waals surface area contributed by atoms with Gasteiger partial charge in [0.05, 0.1) is 22.6 Å². The first-order valence-electron chi connectivity index (χ1n) is 11.1. The number of hydrogen-bond donors (Lipinski definition) is 0. The third-order valence-electron chi connectivity index (χ3n) is 6.10. The van der Waals surface area contributed by atoms with Gasteiger partial charge in [-0.15, -0.1) is 0 Å². The molecule has 33 heavy (non-hydrogen) atoms. The minimum absolute atomic E-state index is 0.873. The third-order valence-corrected chi connectivity index (χ3v) is 6.59. The van der Waals surface area contributed by atoms with E-state index in [2.05, 4.69) is 124 Å². The summed E-state index contributed by atoms with van der Waals surface area (Å²) in [5, 5.41) is 1.26. The number of fused-ring (bicyclic) bond motifs is 3. The number of benzene rings is 3. The minimum Gasteiger partial charge on any atom is -0.312 e. The lowest BCUT2D eigenvalue weighted by Gasteiger charge is -2.15. The summed E-state index contributed by atoms with van der Waals surface area (Å²) in [7, 11) is 0. The van der Waals surface area contributed by atoms with Crippen LogP contribution in [0.15, 0.2) is 114 Å². The fourth-order valence-corrected chi connectivity index (χ4v) is 4.94. The molecule has 0 radical (unpaired) electrons. The van der Waals surface area contributed by atoms with Crippen LogP contribution in [0.2, 0.25) is 0 Å². The van der Waals surface area contributed by atoms with Gasteiger partial charge in [0, 0.05) is 38.7 Å². The Morgan fingerprint density at radius 3 is 2.06 bits per heavy atom. The van der Waals surface area contributed by atoms with Gasteiger partial charge in [-0.05, 0) is 24.3 Å². The van der Waals surface area contributed by atoms with Crippen LogP contribution < -0.4 is 0 Å². The highest BCUT2D eigenvalue weighted by molar-refractivity contribution is 9.10. The first-order valence-corrected chi connectivity index (χ1v) is 11.9. The molecule has 3 heteroatoms. The van der Waals surface area contributed by atoms with Crippen molar-refractivity contribution in [3.05, 3.63) is 125 Å². The molecule has 0 atom stereocenters. The van der Waals surface area contributed by atoms with Crippen molar-refractivity contribution in [1.82, 2.24) is 9.55 Å². The van der Waals surface area contributed by atoms with Gasteiger partial charge in [-0.2, -0.15) is 0 Å². The molecule has 5 aromatic rings. The lowest BCUT2D eigenvalue weighted by molar-refractivity contribution is 0.998. The lowest BCUT2D eigenvalue weighted by Crippen LogP contribution is -2.02. The van der Waals surface area contributed by atoms with Crippen molar-refractivity contribution in [2.24, 2.45) is 0 Å². The molecular weight excluding hydrogens is 468 g/mol. The summed E-state index contributed by atoms with van der Waals surface area (Å²) in [6, 6.07) is 31.8. The van der Waals surface area contributed by atoms with Gasteiger partial charge in [0.15, 0.2) is 0 Å². The van der Waals surface area contributed by atoms with Gasteiger partial charge in [0.25, 0.3) is 0 Å². The molecule has 0 N–H and O–H groups in total. The Bertz CT molecular complexity index is 1470. The van der Waals surface area contributed by atoms with Crippen LogP contribution in [0.25, 0.3) is 45.2 Å². The molecule has 0 amide bonds.